The summed E-state index contributed by atoms with van der Waals surface area (Å²) in [6.07, 6.45) is 2.17. The van der Waals surface area contributed by atoms with E-state index in [0.717, 1.165) is 5.56 Å². The summed E-state index contributed by atoms with van der Waals surface area (Å²) in [6.45, 7) is 0. The SMILES string of the molecule is N[C@@H](Cc1ccccc1)c1nc(-c2ccc(Cl)cn2)no1. The third kappa shape index (κ3) is 3.26. The molecule has 2 heterocycles. The van der Waals surface area contributed by atoms with Gasteiger partial charge < -0.3 is 10.3 Å². The fourth-order valence-corrected chi connectivity index (χ4v) is 2.07. The van der Waals surface area contributed by atoms with E-state index in [-0.39, 0.29) is 6.04 Å². The number of rotatable bonds is 4. The van der Waals surface area contributed by atoms with E-state index in [2.05, 4.69) is 15.1 Å². The largest absolute Gasteiger partial charge is 0.337 e. The van der Waals surface area contributed by atoms with Gasteiger partial charge in [-0.3, -0.25) is 4.98 Å². The zero-order valence-corrected chi connectivity index (χ0v) is 11.9. The molecule has 0 amide bonds. The molecule has 0 aliphatic carbocycles. The van der Waals surface area contributed by atoms with Crippen LogP contribution in [0.1, 0.15) is 17.5 Å². The highest BCUT2D eigenvalue weighted by molar-refractivity contribution is 6.30. The number of hydrogen-bond donors (Lipinski definition) is 1. The lowest BCUT2D eigenvalue weighted by molar-refractivity contribution is 0.354. The molecule has 2 aromatic heterocycles. The Labute approximate surface area is 126 Å². The average Bonchev–Trinajstić information content (AvgIpc) is 2.99. The summed E-state index contributed by atoms with van der Waals surface area (Å²) in [4.78, 5) is 8.45. The fourth-order valence-electron chi connectivity index (χ4n) is 1.95. The van der Waals surface area contributed by atoms with Crippen LogP contribution in [-0.2, 0) is 6.42 Å². The van der Waals surface area contributed by atoms with Crippen molar-refractivity contribution >= 4 is 11.6 Å². The minimum absolute atomic E-state index is 0.346. The van der Waals surface area contributed by atoms with Gasteiger partial charge in [0.2, 0.25) is 11.7 Å². The topological polar surface area (TPSA) is 77.8 Å². The van der Waals surface area contributed by atoms with Crippen molar-refractivity contribution < 1.29 is 4.52 Å². The first-order valence-corrected chi connectivity index (χ1v) is 6.85. The molecule has 0 radical (unpaired) electrons. The molecular formula is C15H13ClN4O. The maximum Gasteiger partial charge on any atom is 0.244 e. The first kappa shape index (κ1) is 13.7. The highest BCUT2D eigenvalue weighted by atomic mass is 35.5. The second-order valence-electron chi connectivity index (χ2n) is 4.61. The predicted molar refractivity (Wildman–Crippen MR) is 79.6 cm³/mol. The summed E-state index contributed by atoms with van der Waals surface area (Å²) in [7, 11) is 0. The molecule has 2 N–H and O–H groups in total. The molecule has 0 saturated heterocycles. The summed E-state index contributed by atoms with van der Waals surface area (Å²) >= 11 is 5.80. The Balaban J connectivity index is 1.76. The standard InChI is InChI=1S/C15H13ClN4O/c16-11-6-7-13(18-9-11)14-19-15(21-20-14)12(17)8-10-4-2-1-3-5-10/h1-7,9,12H,8,17H2/t12-/m0/s1. The molecule has 0 aliphatic rings. The average molecular weight is 301 g/mol. The van der Waals surface area contributed by atoms with Gasteiger partial charge >= 0.3 is 0 Å². The molecule has 0 bridgehead atoms. The second-order valence-corrected chi connectivity index (χ2v) is 5.05. The molecule has 21 heavy (non-hydrogen) atoms. The number of nitrogens with zero attached hydrogens (tertiary/aromatic N) is 3. The predicted octanol–water partition coefficient (Wildman–Crippen LogP) is 3.03. The van der Waals surface area contributed by atoms with E-state index < -0.39 is 0 Å². The van der Waals surface area contributed by atoms with Crippen molar-refractivity contribution in [3.05, 3.63) is 65.1 Å². The van der Waals surface area contributed by atoms with Gasteiger partial charge in [-0.15, -0.1) is 0 Å². The van der Waals surface area contributed by atoms with Crippen LogP contribution in [0.3, 0.4) is 0 Å². The lowest BCUT2D eigenvalue weighted by atomic mass is 10.1. The molecule has 0 fully saturated rings. The van der Waals surface area contributed by atoms with Gasteiger partial charge in [-0.2, -0.15) is 4.98 Å². The molecule has 0 spiro atoms. The molecule has 3 rings (SSSR count). The summed E-state index contributed by atoms with van der Waals surface area (Å²) in [5.41, 5.74) is 7.82. The summed E-state index contributed by atoms with van der Waals surface area (Å²) in [5.74, 6) is 0.802. The lowest BCUT2D eigenvalue weighted by Crippen LogP contribution is -2.13. The zero-order chi connectivity index (χ0) is 14.7. The first-order chi connectivity index (χ1) is 10.2. The van der Waals surface area contributed by atoms with Crippen LogP contribution in [0.5, 0.6) is 0 Å². The van der Waals surface area contributed by atoms with Crippen LogP contribution < -0.4 is 5.73 Å². The Morgan fingerprint density at radius 1 is 1.14 bits per heavy atom. The Morgan fingerprint density at radius 2 is 1.95 bits per heavy atom. The van der Waals surface area contributed by atoms with Crippen LogP contribution >= 0.6 is 11.6 Å². The Morgan fingerprint density at radius 3 is 2.67 bits per heavy atom. The molecule has 0 aliphatic heterocycles. The Hall–Kier alpha value is -2.24. The van der Waals surface area contributed by atoms with Gasteiger partial charge in [-0.25, -0.2) is 0 Å². The van der Waals surface area contributed by atoms with Crippen LogP contribution in [0.4, 0.5) is 0 Å². The van der Waals surface area contributed by atoms with Crippen LogP contribution in [0.2, 0.25) is 5.02 Å². The number of pyridine rings is 1. The third-order valence-corrected chi connectivity index (χ3v) is 3.24. The number of hydrogen-bond acceptors (Lipinski definition) is 5. The minimum atomic E-state index is -0.346. The van der Waals surface area contributed by atoms with E-state index in [1.807, 2.05) is 30.3 Å². The molecule has 5 nitrogen and oxygen atoms in total. The number of aromatic nitrogens is 3. The van der Waals surface area contributed by atoms with Crippen LogP contribution in [0.25, 0.3) is 11.5 Å². The monoisotopic (exact) mass is 300 g/mol. The molecule has 1 aromatic carbocycles. The van der Waals surface area contributed by atoms with Gasteiger partial charge in [0.05, 0.1) is 11.1 Å². The quantitative estimate of drug-likeness (QED) is 0.801. The second kappa shape index (κ2) is 6.03. The molecule has 3 aromatic rings. The van der Waals surface area contributed by atoms with Crippen LogP contribution in [0, 0.1) is 0 Å². The highest BCUT2D eigenvalue weighted by Crippen LogP contribution is 2.19. The van der Waals surface area contributed by atoms with Crippen molar-refractivity contribution in [3.8, 4) is 11.5 Å². The summed E-state index contributed by atoms with van der Waals surface area (Å²) in [5, 5.41) is 4.47. The molecular weight excluding hydrogens is 288 g/mol. The third-order valence-electron chi connectivity index (χ3n) is 3.01. The molecule has 0 saturated carbocycles. The van der Waals surface area contributed by atoms with E-state index in [1.54, 1.807) is 12.1 Å². The molecule has 1 atom stereocenters. The van der Waals surface area contributed by atoms with E-state index >= 15 is 0 Å². The fraction of sp³-hybridized carbons (Fsp3) is 0.133. The van der Waals surface area contributed by atoms with E-state index in [4.69, 9.17) is 21.9 Å². The first-order valence-electron chi connectivity index (χ1n) is 6.47. The van der Waals surface area contributed by atoms with Gasteiger partial charge in [0.25, 0.3) is 0 Å². The van der Waals surface area contributed by atoms with Gasteiger partial charge in [0, 0.05) is 6.20 Å². The van der Waals surface area contributed by atoms with Gasteiger partial charge in [0.15, 0.2) is 0 Å². The number of benzene rings is 1. The highest BCUT2D eigenvalue weighted by Gasteiger charge is 2.16. The normalized spacial score (nSPS) is 12.3. The zero-order valence-electron chi connectivity index (χ0n) is 11.1. The molecule has 106 valence electrons. The van der Waals surface area contributed by atoms with Crippen LogP contribution in [0.15, 0.2) is 53.2 Å². The minimum Gasteiger partial charge on any atom is -0.337 e. The van der Waals surface area contributed by atoms with Crippen molar-refractivity contribution in [2.75, 3.05) is 0 Å². The van der Waals surface area contributed by atoms with Crippen LogP contribution in [-0.4, -0.2) is 15.1 Å². The van der Waals surface area contributed by atoms with Gasteiger partial charge in [-0.1, -0.05) is 47.1 Å². The van der Waals surface area contributed by atoms with Crippen molar-refractivity contribution in [2.24, 2.45) is 5.73 Å². The van der Waals surface area contributed by atoms with Crippen molar-refractivity contribution in [1.29, 1.82) is 0 Å². The summed E-state index contributed by atoms with van der Waals surface area (Å²) in [6, 6.07) is 13.0. The lowest BCUT2D eigenvalue weighted by Gasteiger charge is -2.05. The Bertz CT molecular complexity index is 712. The van der Waals surface area contributed by atoms with E-state index in [1.165, 1.54) is 6.20 Å². The number of nitrogens with two attached hydrogens (primary N) is 1. The van der Waals surface area contributed by atoms with Crippen molar-refractivity contribution in [3.63, 3.8) is 0 Å². The van der Waals surface area contributed by atoms with Gasteiger partial charge in [0.1, 0.15) is 5.69 Å². The van der Waals surface area contributed by atoms with Crippen molar-refractivity contribution in [2.45, 2.75) is 12.5 Å². The maximum atomic E-state index is 6.10. The molecule has 0 unspecified atom stereocenters. The van der Waals surface area contributed by atoms with E-state index in [9.17, 15) is 0 Å². The molecule has 6 heteroatoms. The Kier molecular flexibility index (Phi) is 3.94. The van der Waals surface area contributed by atoms with Gasteiger partial charge in [-0.05, 0) is 24.1 Å². The van der Waals surface area contributed by atoms with E-state index in [0.29, 0.717) is 28.9 Å². The van der Waals surface area contributed by atoms with Crippen molar-refractivity contribution in [1.82, 2.24) is 15.1 Å². The summed E-state index contributed by atoms with van der Waals surface area (Å²) < 4.78 is 5.22. The smallest absolute Gasteiger partial charge is 0.244 e. The maximum absolute atomic E-state index is 6.10. The number of halogens is 1.